The van der Waals surface area contributed by atoms with Crippen molar-refractivity contribution in [2.45, 2.75) is 19.4 Å². The quantitative estimate of drug-likeness (QED) is 0.627. The van der Waals surface area contributed by atoms with Crippen LogP contribution >= 0.6 is 28.1 Å². The van der Waals surface area contributed by atoms with Crippen LogP contribution in [0.5, 0.6) is 0 Å². The maximum absolute atomic E-state index is 11.5. The highest BCUT2D eigenvalue weighted by Crippen LogP contribution is 2.09. The van der Waals surface area contributed by atoms with Crippen LogP contribution in [0.25, 0.3) is 0 Å². The monoisotopic (exact) mass is 319 g/mol. The standard InChI is InChI=1S/C10H14BrN3O2S/c1-6(2-3-15)13-10(17)14-8-4-7(11)5-12-9(8)16/h4-6,15H,2-3H2,1H3,(H,12,16)(H2,13,14,17). The third-order valence-corrected chi connectivity index (χ3v) is 2.73. The highest BCUT2D eigenvalue weighted by Gasteiger charge is 2.06. The summed E-state index contributed by atoms with van der Waals surface area (Å²) in [5.74, 6) is 0. The molecular weight excluding hydrogens is 306 g/mol. The Balaban J connectivity index is 2.62. The van der Waals surface area contributed by atoms with E-state index in [9.17, 15) is 4.79 Å². The molecule has 0 spiro atoms. The van der Waals surface area contributed by atoms with E-state index in [0.717, 1.165) is 4.47 Å². The van der Waals surface area contributed by atoms with Gasteiger partial charge in [-0.3, -0.25) is 4.79 Å². The molecule has 4 N–H and O–H groups in total. The predicted octanol–water partition coefficient (Wildman–Crippen LogP) is 1.19. The Bertz CT molecular complexity index is 449. The van der Waals surface area contributed by atoms with Crippen LogP contribution in [0.3, 0.4) is 0 Å². The molecule has 17 heavy (non-hydrogen) atoms. The van der Waals surface area contributed by atoms with Crippen molar-refractivity contribution in [3.05, 3.63) is 27.1 Å². The van der Waals surface area contributed by atoms with E-state index < -0.39 is 0 Å². The van der Waals surface area contributed by atoms with Crippen molar-refractivity contribution in [3.8, 4) is 0 Å². The van der Waals surface area contributed by atoms with Crippen molar-refractivity contribution in [1.82, 2.24) is 10.3 Å². The molecule has 1 aromatic heterocycles. The first kappa shape index (κ1) is 14.1. The van der Waals surface area contributed by atoms with Crippen molar-refractivity contribution in [3.63, 3.8) is 0 Å². The minimum absolute atomic E-state index is 0.0474. The van der Waals surface area contributed by atoms with Gasteiger partial charge >= 0.3 is 0 Å². The fourth-order valence-corrected chi connectivity index (χ4v) is 1.85. The van der Waals surface area contributed by atoms with E-state index in [1.807, 2.05) is 6.92 Å². The third kappa shape index (κ3) is 4.84. The molecule has 0 radical (unpaired) electrons. The molecule has 0 amide bonds. The van der Waals surface area contributed by atoms with Crippen LogP contribution < -0.4 is 16.2 Å². The Morgan fingerprint density at radius 3 is 3.06 bits per heavy atom. The molecule has 0 saturated heterocycles. The van der Waals surface area contributed by atoms with E-state index >= 15 is 0 Å². The molecule has 0 aromatic carbocycles. The van der Waals surface area contributed by atoms with Crippen LogP contribution in [0, 0.1) is 0 Å². The van der Waals surface area contributed by atoms with Crippen LogP contribution in [-0.2, 0) is 0 Å². The molecule has 7 heteroatoms. The summed E-state index contributed by atoms with van der Waals surface area (Å²) in [6.45, 7) is 1.99. The van der Waals surface area contributed by atoms with Gasteiger partial charge in [0.2, 0.25) is 0 Å². The number of nitrogens with one attached hydrogen (secondary N) is 3. The van der Waals surface area contributed by atoms with Gasteiger partial charge in [0.15, 0.2) is 5.11 Å². The summed E-state index contributed by atoms with van der Waals surface area (Å²) >= 11 is 8.31. The smallest absolute Gasteiger partial charge is 0.271 e. The number of halogens is 1. The number of hydrogen-bond donors (Lipinski definition) is 4. The van der Waals surface area contributed by atoms with Gasteiger partial charge in [-0.1, -0.05) is 0 Å². The number of aromatic nitrogens is 1. The Morgan fingerprint density at radius 1 is 1.71 bits per heavy atom. The summed E-state index contributed by atoms with van der Waals surface area (Å²) in [4.78, 5) is 14.0. The molecule has 0 aliphatic heterocycles. The van der Waals surface area contributed by atoms with Gasteiger partial charge in [-0.15, -0.1) is 0 Å². The summed E-state index contributed by atoms with van der Waals surface area (Å²) in [6, 6.07) is 1.69. The summed E-state index contributed by atoms with van der Waals surface area (Å²) < 4.78 is 0.755. The normalized spacial score (nSPS) is 11.9. The van der Waals surface area contributed by atoms with Crippen molar-refractivity contribution in [1.29, 1.82) is 0 Å². The molecule has 0 aliphatic carbocycles. The number of thiocarbonyl (C=S) groups is 1. The molecule has 0 bridgehead atoms. The second-order valence-electron chi connectivity index (χ2n) is 3.57. The first-order chi connectivity index (χ1) is 8.02. The van der Waals surface area contributed by atoms with Crippen molar-refractivity contribution in [2.24, 2.45) is 0 Å². The lowest BCUT2D eigenvalue weighted by molar-refractivity contribution is 0.275. The molecule has 0 aliphatic rings. The molecule has 1 heterocycles. The van der Waals surface area contributed by atoms with E-state index in [-0.39, 0.29) is 18.2 Å². The fourth-order valence-electron chi connectivity index (χ4n) is 1.20. The zero-order valence-electron chi connectivity index (χ0n) is 9.29. The molecule has 94 valence electrons. The lowest BCUT2D eigenvalue weighted by Crippen LogP contribution is -2.37. The van der Waals surface area contributed by atoms with E-state index in [4.69, 9.17) is 17.3 Å². The van der Waals surface area contributed by atoms with Gasteiger partial charge in [-0.25, -0.2) is 0 Å². The second kappa shape index (κ2) is 6.73. The number of aliphatic hydroxyl groups excluding tert-OH is 1. The van der Waals surface area contributed by atoms with Gasteiger partial charge in [0.05, 0.1) is 0 Å². The van der Waals surface area contributed by atoms with Gasteiger partial charge in [0.1, 0.15) is 5.69 Å². The van der Waals surface area contributed by atoms with E-state index in [0.29, 0.717) is 17.2 Å². The zero-order valence-corrected chi connectivity index (χ0v) is 11.7. The lowest BCUT2D eigenvalue weighted by Gasteiger charge is -2.15. The van der Waals surface area contributed by atoms with Crippen molar-refractivity contribution >= 4 is 38.9 Å². The summed E-state index contributed by atoms with van der Waals surface area (Å²) in [5, 5.41) is 14.9. The van der Waals surface area contributed by atoms with Crippen LogP contribution in [0.4, 0.5) is 5.69 Å². The summed E-state index contributed by atoms with van der Waals surface area (Å²) in [6.07, 6.45) is 2.15. The van der Waals surface area contributed by atoms with Crippen molar-refractivity contribution < 1.29 is 5.11 Å². The summed E-state index contributed by atoms with van der Waals surface area (Å²) in [7, 11) is 0. The van der Waals surface area contributed by atoms with Gasteiger partial charge < -0.3 is 20.7 Å². The van der Waals surface area contributed by atoms with Gasteiger partial charge in [0.25, 0.3) is 5.56 Å². The van der Waals surface area contributed by atoms with Crippen LogP contribution in [-0.4, -0.2) is 27.9 Å². The lowest BCUT2D eigenvalue weighted by atomic mass is 10.2. The minimum atomic E-state index is -0.243. The molecule has 1 atom stereocenters. The molecule has 0 saturated carbocycles. The zero-order chi connectivity index (χ0) is 12.8. The molecule has 1 aromatic rings. The Hall–Kier alpha value is -0.920. The van der Waals surface area contributed by atoms with Gasteiger partial charge in [-0.05, 0) is 47.6 Å². The number of hydrogen-bond acceptors (Lipinski definition) is 3. The molecule has 0 fully saturated rings. The van der Waals surface area contributed by atoms with E-state index in [1.54, 1.807) is 12.3 Å². The van der Waals surface area contributed by atoms with Crippen LogP contribution in [0.2, 0.25) is 0 Å². The third-order valence-electron chi connectivity index (χ3n) is 2.06. The fraction of sp³-hybridized carbons (Fsp3) is 0.400. The number of pyridine rings is 1. The first-order valence-electron chi connectivity index (χ1n) is 5.09. The molecule has 1 rings (SSSR count). The van der Waals surface area contributed by atoms with Gasteiger partial charge in [0, 0.05) is 23.3 Å². The highest BCUT2D eigenvalue weighted by molar-refractivity contribution is 9.10. The number of aromatic amines is 1. The average molecular weight is 320 g/mol. The summed E-state index contributed by atoms with van der Waals surface area (Å²) in [5.41, 5.74) is 0.125. The van der Waals surface area contributed by atoms with Crippen LogP contribution in [0.1, 0.15) is 13.3 Å². The first-order valence-corrected chi connectivity index (χ1v) is 6.29. The largest absolute Gasteiger partial charge is 0.396 e. The maximum Gasteiger partial charge on any atom is 0.271 e. The average Bonchev–Trinajstić information content (AvgIpc) is 2.23. The number of aliphatic hydroxyl groups is 1. The topological polar surface area (TPSA) is 77.2 Å². The minimum Gasteiger partial charge on any atom is -0.396 e. The molecule has 1 unspecified atom stereocenters. The van der Waals surface area contributed by atoms with Crippen LogP contribution in [0.15, 0.2) is 21.5 Å². The number of anilines is 1. The van der Waals surface area contributed by atoms with E-state index in [2.05, 4.69) is 31.5 Å². The Kier molecular flexibility index (Phi) is 5.60. The predicted molar refractivity (Wildman–Crippen MR) is 75.3 cm³/mol. The Morgan fingerprint density at radius 2 is 2.41 bits per heavy atom. The van der Waals surface area contributed by atoms with Crippen molar-refractivity contribution in [2.75, 3.05) is 11.9 Å². The number of rotatable bonds is 4. The molecule has 5 nitrogen and oxygen atoms in total. The Labute approximate surface area is 113 Å². The highest BCUT2D eigenvalue weighted by atomic mass is 79.9. The number of H-pyrrole nitrogens is 1. The maximum atomic E-state index is 11.5. The SMILES string of the molecule is CC(CCO)NC(=S)Nc1cc(Br)c[nH]c1=O. The van der Waals surface area contributed by atoms with E-state index in [1.165, 1.54) is 0 Å². The molecular formula is C10H14BrN3O2S. The van der Waals surface area contributed by atoms with Gasteiger partial charge in [-0.2, -0.15) is 0 Å². The second-order valence-corrected chi connectivity index (χ2v) is 4.90.